The highest BCUT2D eigenvalue weighted by Gasteiger charge is 2.68. The quantitative estimate of drug-likeness (QED) is 0.205. The number of nitrogens with one attached hydrogen (secondary N) is 1. The Bertz CT molecular complexity index is 1870. The van der Waals surface area contributed by atoms with Gasteiger partial charge in [-0.05, 0) is 110 Å². The van der Waals surface area contributed by atoms with Gasteiger partial charge in [0.2, 0.25) is 0 Å². The summed E-state index contributed by atoms with van der Waals surface area (Å²) in [5.41, 5.74) is 3.14. The zero-order chi connectivity index (χ0) is 31.3. The molecule has 4 N–H and O–H groups in total. The number of carbonyl (C=O) groups excluding carboxylic acids is 1. The van der Waals surface area contributed by atoms with E-state index in [1.165, 1.54) is 29.5 Å². The summed E-state index contributed by atoms with van der Waals surface area (Å²) in [6, 6.07) is 11.3. The summed E-state index contributed by atoms with van der Waals surface area (Å²) < 4.78 is 15.5. The number of phenolic OH excluding ortho intramolecular Hbond substituents is 1. The number of fused-ring (bicyclic) bond motifs is 7. The van der Waals surface area contributed by atoms with Crippen LogP contribution in [-0.2, 0) is 11.2 Å². The molecule has 2 aromatic carbocycles. The first-order valence-electron chi connectivity index (χ1n) is 15.8. The number of imidazole rings is 1. The van der Waals surface area contributed by atoms with E-state index in [0.29, 0.717) is 29.0 Å². The molecule has 2 aromatic heterocycles. The molecule has 8 rings (SSSR count). The number of aliphatic hydroxyl groups excluding tert-OH is 1. The van der Waals surface area contributed by atoms with Crippen molar-refractivity contribution in [1.82, 2.24) is 19.7 Å². The number of thioether (sulfide) groups is 1. The molecule has 6 unspecified atom stereocenters. The molecule has 4 aliphatic rings. The second-order valence-electron chi connectivity index (χ2n) is 14.1. The van der Waals surface area contributed by atoms with E-state index in [4.69, 9.17) is 0 Å². The monoisotopic (exact) mass is 628 g/mol. The van der Waals surface area contributed by atoms with Crippen molar-refractivity contribution in [2.45, 2.75) is 69.2 Å². The highest BCUT2D eigenvalue weighted by atomic mass is 32.2. The first-order chi connectivity index (χ1) is 21.5. The van der Waals surface area contributed by atoms with Crippen LogP contribution in [0, 0.1) is 34.4 Å². The van der Waals surface area contributed by atoms with Crippen molar-refractivity contribution in [3.05, 3.63) is 71.3 Å². The summed E-state index contributed by atoms with van der Waals surface area (Å²) in [5, 5.41) is 39.1. The van der Waals surface area contributed by atoms with Gasteiger partial charge < -0.3 is 20.3 Å². The lowest BCUT2D eigenvalue weighted by Gasteiger charge is -2.60. The average molecular weight is 629 g/mol. The Morgan fingerprint density at radius 1 is 1.18 bits per heavy atom. The predicted molar refractivity (Wildman–Crippen MR) is 169 cm³/mol. The molecule has 0 aliphatic heterocycles. The molecular formula is C35H37FN4O4S. The van der Waals surface area contributed by atoms with Gasteiger partial charge in [-0.3, -0.25) is 4.79 Å². The number of aromatic nitrogens is 4. The van der Waals surface area contributed by atoms with Crippen LogP contribution in [0.1, 0.15) is 57.2 Å². The van der Waals surface area contributed by atoms with E-state index in [9.17, 15) is 24.5 Å². The van der Waals surface area contributed by atoms with Crippen LogP contribution >= 0.6 is 11.8 Å². The SMILES string of the molecule is CC12Cc3cnn(-c4ccc(F)cc4)c3C=C1CCC1C2C(O)CC2(C)C1CC[C@]2(O)C(=O)CSc1nc2ccc(O)cc2[nH]1. The van der Waals surface area contributed by atoms with Crippen molar-refractivity contribution in [3.8, 4) is 11.4 Å². The fourth-order valence-electron chi connectivity index (χ4n) is 9.73. The summed E-state index contributed by atoms with van der Waals surface area (Å²) in [6.07, 6.45) is 7.53. The van der Waals surface area contributed by atoms with Crippen LogP contribution in [0.4, 0.5) is 4.39 Å². The minimum Gasteiger partial charge on any atom is -0.508 e. The topological polar surface area (TPSA) is 124 Å². The number of nitrogens with zero attached hydrogens (tertiary/aromatic N) is 3. The number of carbonyl (C=O) groups is 1. The molecule has 0 spiro atoms. The molecule has 10 heteroatoms. The van der Waals surface area contributed by atoms with Crippen molar-refractivity contribution in [1.29, 1.82) is 0 Å². The van der Waals surface area contributed by atoms with E-state index in [1.54, 1.807) is 30.3 Å². The van der Waals surface area contributed by atoms with E-state index in [-0.39, 0.29) is 46.3 Å². The highest BCUT2D eigenvalue weighted by molar-refractivity contribution is 7.99. The van der Waals surface area contributed by atoms with Gasteiger partial charge >= 0.3 is 0 Å². The number of aliphatic hydroxyl groups is 2. The van der Waals surface area contributed by atoms with Gasteiger partial charge in [-0.1, -0.05) is 31.2 Å². The molecule has 4 aromatic rings. The first-order valence-corrected chi connectivity index (χ1v) is 16.8. The van der Waals surface area contributed by atoms with Gasteiger partial charge in [-0.15, -0.1) is 0 Å². The number of H-pyrrole nitrogens is 1. The molecule has 3 saturated carbocycles. The number of ketones is 1. The van der Waals surface area contributed by atoms with E-state index in [2.05, 4.69) is 28.1 Å². The Kier molecular flexibility index (Phi) is 6.45. The molecule has 3 fully saturated rings. The van der Waals surface area contributed by atoms with Gasteiger partial charge in [0.1, 0.15) is 17.2 Å². The van der Waals surface area contributed by atoms with E-state index in [1.807, 2.05) is 17.8 Å². The molecule has 45 heavy (non-hydrogen) atoms. The van der Waals surface area contributed by atoms with Crippen LogP contribution < -0.4 is 0 Å². The zero-order valence-corrected chi connectivity index (χ0v) is 26.1. The average Bonchev–Trinajstić information content (AvgIpc) is 3.68. The number of Topliss-reactive ketones (excluding diaryl/α,β-unsaturated/α-hetero) is 1. The number of aromatic amines is 1. The number of phenols is 1. The normalized spacial score (nSPS) is 33.7. The van der Waals surface area contributed by atoms with Crippen molar-refractivity contribution < 1.29 is 24.5 Å². The lowest BCUT2D eigenvalue weighted by Crippen LogP contribution is -2.62. The van der Waals surface area contributed by atoms with E-state index >= 15 is 0 Å². The molecule has 4 aliphatic carbocycles. The maximum atomic E-state index is 13.8. The molecule has 0 bridgehead atoms. The molecule has 0 saturated heterocycles. The summed E-state index contributed by atoms with van der Waals surface area (Å²) in [5.74, 6) is 0.0316. The standard InChI is InChI=1S/C35H37FN4O4S/c1-33-15-19-17-37-40(22-6-4-21(36)5-7-22)28(19)13-20(33)3-9-24-25-11-12-35(44,34(25,2)16-29(42)31(24)33)30(43)18-45-32-38-26-10-8-23(41)14-27(26)39-32/h4-8,10,13-14,17,24-25,29,31,41-42,44H,3,9,11-12,15-16,18H2,1-2H3,(H,38,39)/t24?,25?,29?,31?,33?,34?,35-/m0/s1. The van der Waals surface area contributed by atoms with Crippen LogP contribution in [-0.4, -0.2) is 58.3 Å². The maximum Gasteiger partial charge on any atom is 0.175 e. The third-order valence-electron chi connectivity index (χ3n) is 11.9. The lowest BCUT2D eigenvalue weighted by atomic mass is 9.45. The van der Waals surface area contributed by atoms with E-state index in [0.717, 1.165) is 42.6 Å². The fourth-order valence-corrected chi connectivity index (χ4v) is 10.6. The van der Waals surface area contributed by atoms with Crippen molar-refractivity contribution in [3.63, 3.8) is 0 Å². The Morgan fingerprint density at radius 3 is 2.78 bits per heavy atom. The lowest BCUT2D eigenvalue weighted by molar-refractivity contribution is -0.177. The van der Waals surface area contributed by atoms with Crippen LogP contribution in [0.15, 0.2) is 59.4 Å². The number of hydrogen-bond donors (Lipinski definition) is 4. The number of hydrogen-bond acceptors (Lipinski definition) is 7. The van der Waals surface area contributed by atoms with Gasteiger partial charge in [0.15, 0.2) is 10.9 Å². The second kappa shape index (κ2) is 10.0. The number of allylic oxidation sites excluding steroid dienone is 1. The third kappa shape index (κ3) is 4.21. The largest absolute Gasteiger partial charge is 0.508 e. The Balaban J connectivity index is 1.04. The van der Waals surface area contributed by atoms with Gasteiger partial charge in [-0.25, -0.2) is 14.1 Å². The highest BCUT2D eigenvalue weighted by Crippen LogP contribution is 2.67. The van der Waals surface area contributed by atoms with Crippen LogP contribution in [0.2, 0.25) is 0 Å². The summed E-state index contributed by atoms with van der Waals surface area (Å²) in [6.45, 7) is 4.30. The van der Waals surface area contributed by atoms with Crippen LogP contribution in [0.3, 0.4) is 0 Å². The van der Waals surface area contributed by atoms with Crippen molar-refractivity contribution in [2.24, 2.45) is 28.6 Å². The molecule has 2 heterocycles. The Labute approximate surface area is 264 Å². The molecular weight excluding hydrogens is 591 g/mol. The van der Waals surface area contributed by atoms with Gasteiger partial charge in [-0.2, -0.15) is 5.10 Å². The van der Waals surface area contributed by atoms with Gasteiger partial charge in [0, 0.05) is 11.5 Å². The summed E-state index contributed by atoms with van der Waals surface area (Å²) in [7, 11) is 0. The fraction of sp³-hybridized carbons (Fsp3) is 0.457. The minimum atomic E-state index is -1.52. The number of benzene rings is 2. The number of rotatable bonds is 5. The van der Waals surface area contributed by atoms with Crippen LogP contribution in [0.5, 0.6) is 5.75 Å². The predicted octanol–water partition coefficient (Wildman–Crippen LogP) is 5.84. The van der Waals surface area contributed by atoms with Crippen molar-refractivity contribution in [2.75, 3.05) is 5.75 Å². The molecule has 0 amide bonds. The van der Waals surface area contributed by atoms with Gasteiger partial charge in [0.05, 0.1) is 40.5 Å². The Morgan fingerprint density at radius 2 is 1.98 bits per heavy atom. The van der Waals surface area contributed by atoms with Crippen LogP contribution in [0.25, 0.3) is 22.8 Å². The maximum absolute atomic E-state index is 13.8. The van der Waals surface area contributed by atoms with E-state index < -0.39 is 17.1 Å². The molecule has 0 radical (unpaired) electrons. The summed E-state index contributed by atoms with van der Waals surface area (Å²) >= 11 is 1.26. The smallest absolute Gasteiger partial charge is 0.175 e. The zero-order valence-electron chi connectivity index (χ0n) is 25.3. The molecule has 7 atom stereocenters. The summed E-state index contributed by atoms with van der Waals surface area (Å²) in [4.78, 5) is 21.5. The number of halogens is 1. The number of aromatic hydroxyl groups is 1. The van der Waals surface area contributed by atoms with Crippen molar-refractivity contribution >= 4 is 34.7 Å². The second-order valence-corrected chi connectivity index (χ2v) is 15.0. The van der Waals surface area contributed by atoms with Gasteiger partial charge in [0.25, 0.3) is 0 Å². The Hall–Kier alpha value is -3.47. The minimum absolute atomic E-state index is 0.0108. The molecule has 234 valence electrons. The third-order valence-corrected chi connectivity index (χ3v) is 12.8. The molecule has 8 nitrogen and oxygen atoms in total. The first kappa shape index (κ1) is 29.0.